The Morgan fingerprint density at radius 1 is 1.11 bits per heavy atom. The van der Waals surface area contributed by atoms with Crippen LogP contribution in [-0.2, 0) is 0 Å². The van der Waals surface area contributed by atoms with E-state index in [-0.39, 0.29) is 11.4 Å². The van der Waals surface area contributed by atoms with Gasteiger partial charge in [0, 0.05) is 17.5 Å². The molecule has 0 saturated heterocycles. The van der Waals surface area contributed by atoms with Crippen molar-refractivity contribution in [1.29, 1.82) is 0 Å². The largest absolute Gasteiger partial charge is 0.369 e. The van der Waals surface area contributed by atoms with Gasteiger partial charge in [-0.2, -0.15) is 0 Å². The molecule has 1 N–H and O–H groups in total. The first-order valence-electron chi connectivity index (χ1n) is 6.55. The maximum Gasteiger partial charge on any atom is 0.132 e. The van der Waals surface area contributed by atoms with E-state index in [1.54, 1.807) is 12.1 Å². The van der Waals surface area contributed by atoms with E-state index in [1.165, 1.54) is 6.07 Å². The van der Waals surface area contributed by atoms with Crippen LogP contribution in [0.25, 0.3) is 0 Å². The highest BCUT2D eigenvalue weighted by atomic mass is 19.1. The van der Waals surface area contributed by atoms with Crippen LogP contribution >= 0.6 is 0 Å². The summed E-state index contributed by atoms with van der Waals surface area (Å²) >= 11 is 0. The number of rotatable bonds is 1. The number of amidine groups is 1. The average Bonchev–Trinajstić information content (AvgIpc) is 2.53. The highest BCUT2D eigenvalue weighted by Crippen LogP contribution is 2.13. The molecule has 1 aromatic carbocycles. The number of nitrogens with one attached hydrogen (secondary N) is 1. The van der Waals surface area contributed by atoms with Gasteiger partial charge in [0.2, 0.25) is 0 Å². The van der Waals surface area contributed by atoms with E-state index < -0.39 is 0 Å². The number of benzene rings is 1. The zero-order valence-corrected chi connectivity index (χ0v) is 11.7. The van der Waals surface area contributed by atoms with Crippen LogP contribution in [0.4, 0.5) is 4.39 Å². The summed E-state index contributed by atoms with van der Waals surface area (Å²) in [4.78, 5) is 8.94. The van der Waals surface area contributed by atoms with Gasteiger partial charge in [0.05, 0.1) is 18.8 Å². The number of halogens is 1. The molecule has 0 radical (unpaired) electrons. The topological polar surface area (TPSA) is 36.8 Å². The molecule has 0 fully saturated rings. The fraction of sp³-hybridized carbons (Fsp3) is 0.467. The Bertz CT molecular complexity index is 512. The third kappa shape index (κ3) is 3.88. The van der Waals surface area contributed by atoms with E-state index >= 15 is 0 Å². The molecule has 1 aliphatic rings. The van der Waals surface area contributed by atoms with E-state index in [1.807, 2.05) is 6.07 Å². The molecular weight excluding hydrogens is 241 g/mol. The lowest BCUT2D eigenvalue weighted by Crippen LogP contribution is -2.41. The van der Waals surface area contributed by atoms with Gasteiger partial charge in [0.1, 0.15) is 11.7 Å². The van der Waals surface area contributed by atoms with Crippen molar-refractivity contribution in [2.45, 2.75) is 32.7 Å². The molecule has 1 aliphatic heterocycles. The molecule has 1 aromatic rings. The zero-order valence-electron chi connectivity index (χ0n) is 11.7. The van der Waals surface area contributed by atoms with Gasteiger partial charge in [-0.05, 0) is 26.8 Å². The van der Waals surface area contributed by atoms with E-state index in [9.17, 15) is 4.39 Å². The Labute approximate surface area is 113 Å². The minimum absolute atomic E-state index is 0.0521. The van der Waals surface area contributed by atoms with Gasteiger partial charge < -0.3 is 5.32 Å². The number of hydrogen-bond donors (Lipinski definition) is 1. The van der Waals surface area contributed by atoms with Crippen LogP contribution < -0.4 is 5.32 Å². The molecule has 4 heteroatoms. The van der Waals surface area contributed by atoms with Crippen molar-refractivity contribution in [2.75, 3.05) is 13.1 Å². The quantitative estimate of drug-likeness (QED) is 0.829. The first-order chi connectivity index (χ1) is 8.96. The average molecular weight is 261 g/mol. The second kappa shape index (κ2) is 5.51. The third-order valence-corrected chi connectivity index (χ3v) is 2.74. The molecule has 0 spiro atoms. The molecule has 0 amide bonds. The number of hydrogen-bond acceptors (Lipinski definition) is 3. The fourth-order valence-electron chi connectivity index (χ4n) is 2.03. The number of nitrogens with zero attached hydrogens (tertiary/aromatic N) is 2. The van der Waals surface area contributed by atoms with Crippen LogP contribution in [0.1, 0.15) is 32.8 Å². The predicted molar refractivity (Wildman–Crippen MR) is 77.6 cm³/mol. The maximum atomic E-state index is 13.8. The van der Waals surface area contributed by atoms with Crippen LogP contribution in [0.5, 0.6) is 0 Å². The van der Waals surface area contributed by atoms with Crippen molar-refractivity contribution in [2.24, 2.45) is 9.98 Å². The number of aliphatic imine (C=N–C) groups is 2. The zero-order chi connectivity index (χ0) is 13.9. The fourth-order valence-corrected chi connectivity index (χ4v) is 2.03. The van der Waals surface area contributed by atoms with Crippen LogP contribution in [0.3, 0.4) is 0 Å². The molecule has 102 valence electrons. The summed E-state index contributed by atoms with van der Waals surface area (Å²) in [6.07, 6.45) is 0.554. The van der Waals surface area contributed by atoms with Gasteiger partial charge in [-0.3, -0.25) is 9.98 Å². The van der Waals surface area contributed by atoms with Gasteiger partial charge in [0.25, 0.3) is 0 Å². The van der Waals surface area contributed by atoms with Gasteiger partial charge in [-0.1, -0.05) is 18.2 Å². The molecule has 19 heavy (non-hydrogen) atoms. The first-order valence-corrected chi connectivity index (χ1v) is 6.55. The van der Waals surface area contributed by atoms with Crippen LogP contribution in [0, 0.1) is 5.82 Å². The Hall–Kier alpha value is -1.71. The smallest absolute Gasteiger partial charge is 0.132 e. The third-order valence-electron chi connectivity index (χ3n) is 2.74. The van der Waals surface area contributed by atoms with Crippen molar-refractivity contribution < 1.29 is 4.39 Å². The normalized spacial score (nSPS) is 16.4. The van der Waals surface area contributed by atoms with Crippen molar-refractivity contribution in [3.63, 3.8) is 0 Å². The summed E-state index contributed by atoms with van der Waals surface area (Å²) in [5.41, 5.74) is 1.29. The molecule has 0 aromatic heterocycles. The van der Waals surface area contributed by atoms with E-state index in [0.717, 1.165) is 11.5 Å². The van der Waals surface area contributed by atoms with Crippen molar-refractivity contribution in [1.82, 2.24) is 5.32 Å². The first kappa shape index (κ1) is 13.7. The molecule has 3 nitrogen and oxygen atoms in total. The lowest BCUT2D eigenvalue weighted by atomic mass is 10.0. The van der Waals surface area contributed by atoms with Crippen molar-refractivity contribution >= 4 is 11.5 Å². The predicted octanol–water partition coefficient (Wildman–Crippen LogP) is 2.81. The molecule has 2 rings (SSSR count). The minimum Gasteiger partial charge on any atom is -0.369 e. The summed E-state index contributed by atoms with van der Waals surface area (Å²) in [6, 6.07) is 6.77. The summed E-state index contributed by atoms with van der Waals surface area (Å²) < 4.78 is 13.8. The van der Waals surface area contributed by atoms with Gasteiger partial charge >= 0.3 is 0 Å². The Morgan fingerprint density at radius 3 is 2.47 bits per heavy atom. The lowest BCUT2D eigenvalue weighted by molar-refractivity contribution is 0.508. The Morgan fingerprint density at radius 2 is 1.79 bits per heavy atom. The second-order valence-electron chi connectivity index (χ2n) is 5.69. The monoisotopic (exact) mass is 261 g/mol. The van der Waals surface area contributed by atoms with Crippen LogP contribution in [0.2, 0.25) is 0 Å². The van der Waals surface area contributed by atoms with Crippen molar-refractivity contribution in [3.05, 3.63) is 35.6 Å². The Kier molecular flexibility index (Phi) is 3.98. The summed E-state index contributed by atoms with van der Waals surface area (Å²) in [5, 5.41) is 3.36. The minimum atomic E-state index is -0.224. The molecule has 0 aliphatic carbocycles. The van der Waals surface area contributed by atoms with Gasteiger partial charge in [-0.15, -0.1) is 0 Å². The lowest BCUT2D eigenvalue weighted by Gasteiger charge is -2.23. The van der Waals surface area contributed by atoms with Crippen LogP contribution in [0.15, 0.2) is 34.3 Å². The molecule has 0 bridgehead atoms. The van der Waals surface area contributed by atoms with Gasteiger partial charge in [-0.25, -0.2) is 4.39 Å². The summed E-state index contributed by atoms with van der Waals surface area (Å²) in [6.45, 7) is 7.51. The Balaban J connectivity index is 2.22. The van der Waals surface area contributed by atoms with Crippen molar-refractivity contribution in [3.8, 4) is 0 Å². The van der Waals surface area contributed by atoms with E-state index in [2.05, 4.69) is 36.1 Å². The molecule has 0 unspecified atom stereocenters. The summed E-state index contributed by atoms with van der Waals surface area (Å²) in [5.74, 6) is 0.658. The highest BCUT2D eigenvalue weighted by Gasteiger charge is 2.18. The molecule has 1 heterocycles. The summed E-state index contributed by atoms with van der Waals surface area (Å²) in [7, 11) is 0. The SMILES string of the molecule is CC(C)(C)NC1=NCCN=C(c2ccccc2F)C1. The molecular formula is C15H20FN3. The maximum absolute atomic E-state index is 13.8. The van der Waals surface area contributed by atoms with E-state index in [0.29, 0.717) is 25.1 Å². The van der Waals surface area contributed by atoms with Gasteiger partial charge in [0.15, 0.2) is 0 Å². The standard InChI is InChI=1S/C15H20FN3/c1-15(2,3)19-14-10-13(17-8-9-18-14)11-6-4-5-7-12(11)16/h4-7H,8-10H2,1-3H3,(H,18,19). The van der Waals surface area contributed by atoms with E-state index in [4.69, 9.17) is 0 Å². The molecule has 0 saturated carbocycles. The second-order valence-corrected chi connectivity index (χ2v) is 5.69. The highest BCUT2D eigenvalue weighted by molar-refractivity contribution is 6.12. The van der Waals surface area contributed by atoms with Crippen LogP contribution in [-0.4, -0.2) is 30.2 Å². The molecule has 0 atom stereocenters.